The van der Waals surface area contributed by atoms with E-state index in [0.717, 1.165) is 16.5 Å². The van der Waals surface area contributed by atoms with Crippen molar-refractivity contribution in [2.45, 2.75) is 19.0 Å². The van der Waals surface area contributed by atoms with Crippen LogP contribution in [0.5, 0.6) is 0 Å². The Bertz CT molecular complexity index is 889. The average molecular weight is 348 g/mol. The number of thiocarbonyl (C=S) groups is 1. The topological polar surface area (TPSA) is 33.1 Å². The summed E-state index contributed by atoms with van der Waals surface area (Å²) in [7, 11) is 2.10. The van der Waals surface area contributed by atoms with E-state index in [1.165, 1.54) is 11.4 Å². The van der Waals surface area contributed by atoms with Gasteiger partial charge in [-0.1, -0.05) is 24.3 Å². The van der Waals surface area contributed by atoms with Gasteiger partial charge in [0.05, 0.1) is 11.7 Å². The van der Waals surface area contributed by atoms with Crippen molar-refractivity contribution in [3.63, 3.8) is 0 Å². The molecule has 0 radical (unpaired) electrons. The average Bonchev–Trinajstić information content (AvgIpc) is 3.16. The van der Waals surface area contributed by atoms with E-state index in [-0.39, 0.29) is 12.1 Å². The van der Waals surface area contributed by atoms with E-state index in [1.54, 1.807) is 0 Å². The van der Waals surface area contributed by atoms with Crippen LogP contribution in [0.2, 0.25) is 0 Å². The van der Waals surface area contributed by atoms with Crippen molar-refractivity contribution in [2.75, 3.05) is 4.90 Å². The second-order valence-electron chi connectivity index (χ2n) is 6.29. The molecule has 0 unspecified atom stereocenters. The summed E-state index contributed by atoms with van der Waals surface area (Å²) in [5.74, 6) is 0. The Hall–Kier alpha value is -2.66. The molecule has 3 aromatic rings. The van der Waals surface area contributed by atoms with E-state index in [2.05, 4.69) is 64.1 Å². The predicted molar refractivity (Wildman–Crippen MR) is 105 cm³/mol. The molecule has 5 heteroatoms. The molecule has 0 bridgehead atoms. The van der Waals surface area contributed by atoms with Gasteiger partial charge in [0.25, 0.3) is 0 Å². The first-order valence-corrected chi connectivity index (χ1v) is 8.75. The molecule has 126 valence electrons. The van der Waals surface area contributed by atoms with E-state index in [0.29, 0.717) is 0 Å². The van der Waals surface area contributed by atoms with E-state index < -0.39 is 0 Å². The maximum Gasteiger partial charge on any atom is 0.174 e. The lowest BCUT2D eigenvalue weighted by atomic mass is 10.0. The molecule has 3 heterocycles. The number of anilines is 1. The molecule has 0 amide bonds. The molecular formula is C20H20N4S. The number of nitrogens with zero attached hydrogens (tertiary/aromatic N) is 3. The van der Waals surface area contributed by atoms with Gasteiger partial charge in [-0.05, 0) is 55.5 Å². The van der Waals surface area contributed by atoms with Crippen molar-refractivity contribution in [1.82, 2.24) is 14.9 Å². The molecule has 25 heavy (non-hydrogen) atoms. The fourth-order valence-corrected chi connectivity index (χ4v) is 3.80. The van der Waals surface area contributed by atoms with Crippen LogP contribution in [0.15, 0.2) is 66.9 Å². The van der Waals surface area contributed by atoms with Crippen LogP contribution in [0.25, 0.3) is 0 Å². The summed E-state index contributed by atoms with van der Waals surface area (Å²) in [6, 6.07) is 20.7. The molecule has 1 aliphatic heterocycles. The summed E-state index contributed by atoms with van der Waals surface area (Å²) in [4.78, 5) is 6.78. The number of aromatic nitrogens is 2. The summed E-state index contributed by atoms with van der Waals surface area (Å²) in [6.07, 6.45) is 1.83. The van der Waals surface area contributed by atoms with Crippen molar-refractivity contribution in [2.24, 2.45) is 7.05 Å². The van der Waals surface area contributed by atoms with Crippen LogP contribution in [0.4, 0.5) is 5.69 Å². The van der Waals surface area contributed by atoms with Gasteiger partial charge in [0, 0.05) is 30.3 Å². The number of aryl methyl sites for hydroxylation is 1. The zero-order valence-electron chi connectivity index (χ0n) is 14.3. The van der Waals surface area contributed by atoms with Crippen molar-refractivity contribution in [3.05, 3.63) is 83.9 Å². The number of nitrogens with one attached hydrogen (secondary N) is 1. The first-order chi connectivity index (χ1) is 12.2. The van der Waals surface area contributed by atoms with Gasteiger partial charge in [-0.15, -0.1) is 0 Å². The standard InChI is InChI=1S/C20H20N4S/c1-14-11-12-17(23(14)2)19-18(16-10-6-7-13-21-16)22-20(25)24(19)15-8-4-3-5-9-15/h3-13,18-19H,1-2H3,(H,22,25)/t18-,19+/m0/s1. The van der Waals surface area contributed by atoms with Crippen molar-refractivity contribution >= 4 is 23.0 Å². The Labute approximate surface area is 153 Å². The lowest BCUT2D eigenvalue weighted by Crippen LogP contribution is -2.30. The predicted octanol–water partition coefficient (Wildman–Crippen LogP) is 3.91. The SMILES string of the molecule is Cc1ccc([C@@H]2[C@H](c3ccccn3)NC(=S)N2c2ccccc2)n1C. The Morgan fingerprint density at radius 3 is 2.40 bits per heavy atom. The molecular weight excluding hydrogens is 328 g/mol. The van der Waals surface area contributed by atoms with Crippen LogP contribution in [-0.2, 0) is 7.05 Å². The van der Waals surface area contributed by atoms with Crippen LogP contribution in [-0.4, -0.2) is 14.7 Å². The summed E-state index contributed by atoms with van der Waals surface area (Å²) in [5, 5.41) is 4.21. The third-order valence-electron chi connectivity index (χ3n) is 4.85. The second-order valence-corrected chi connectivity index (χ2v) is 6.68. The number of hydrogen-bond acceptors (Lipinski definition) is 2. The number of hydrogen-bond donors (Lipinski definition) is 1. The van der Waals surface area contributed by atoms with Gasteiger partial charge in [-0.25, -0.2) is 0 Å². The highest BCUT2D eigenvalue weighted by Gasteiger charge is 2.41. The minimum atomic E-state index is 0.00176. The molecule has 0 spiro atoms. The minimum absolute atomic E-state index is 0.00176. The highest BCUT2D eigenvalue weighted by atomic mass is 32.1. The fourth-order valence-electron chi connectivity index (χ4n) is 3.45. The zero-order chi connectivity index (χ0) is 17.4. The Morgan fingerprint density at radius 1 is 1.00 bits per heavy atom. The lowest BCUT2D eigenvalue weighted by molar-refractivity contribution is 0.539. The van der Waals surface area contributed by atoms with Gasteiger partial charge in [-0.3, -0.25) is 4.98 Å². The van der Waals surface area contributed by atoms with Gasteiger partial charge < -0.3 is 14.8 Å². The molecule has 1 aliphatic rings. The molecule has 1 aromatic carbocycles. The van der Waals surface area contributed by atoms with Gasteiger partial charge in [0.15, 0.2) is 5.11 Å². The second kappa shape index (κ2) is 6.33. The van der Waals surface area contributed by atoms with E-state index in [4.69, 9.17) is 12.2 Å². The quantitative estimate of drug-likeness (QED) is 0.728. The third kappa shape index (κ3) is 2.70. The molecule has 0 aliphatic carbocycles. The maximum atomic E-state index is 5.70. The van der Waals surface area contributed by atoms with Crippen LogP contribution in [0.3, 0.4) is 0 Å². The number of benzene rings is 1. The first-order valence-electron chi connectivity index (χ1n) is 8.35. The largest absolute Gasteiger partial charge is 0.351 e. The van der Waals surface area contributed by atoms with Gasteiger partial charge in [-0.2, -0.15) is 0 Å². The normalized spacial score (nSPS) is 19.9. The first kappa shape index (κ1) is 15.8. The number of pyridine rings is 1. The third-order valence-corrected chi connectivity index (χ3v) is 5.16. The van der Waals surface area contributed by atoms with Crippen molar-refractivity contribution in [3.8, 4) is 0 Å². The molecule has 1 N–H and O–H groups in total. The minimum Gasteiger partial charge on any atom is -0.351 e. The Balaban J connectivity index is 1.86. The molecule has 4 rings (SSSR count). The highest BCUT2D eigenvalue weighted by molar-refractivity contribution is 7.80. The molecule has 1 saturated heterocycles. The Morgan fingerprint density at radius 2 is 1.76 bits per heavy atom. The van der Waals surface area contributed by atoms with E-state index >= 15 is 0 Å². The fraction of sp³-hybridized carbons (Fsp3) is 0.200. The van der Waals surface area contributed by atoms with Gasteiger partial charge in [0.1, 0.15) is 6.04 Å². The molecule has 1 fully saturated rings. The number of rotatable bonds is 3. The molecule has 0 saturated carbocycles. The van der Waals surface area contributed by atoms with Crippen molar-refractivity contribution in [1.29, 1.82) is 0 Å². The summed E-state index contributed by atoms with van der Waals surface area (Å²) in [6.45, 7) is 2.12. The lowest BCUT2D eigenvalue weighted by Gasteiger charge is -2.28. The van der Waals surface area contributed by atoms with E-state index in [9.17, 15) is 0 Å². The summed E-state index contributed by atoms with van der Waals surface area (Å²) in [5.41, 5.74) is 4.51. The number of para-hydroxylation sites is 1. The summed E-state index contributed by atoms with van der Waals surface area (Å²) >= 11 is 5.70. The van der Waals surface area contributed by atoms with Crippen LogP contribution in [0, 0.1) is 6.92 Å². The smallest absolute Gasteiger partial charge is 0.174 e. The van der Waals surface area contributed by atoms with Gasteiger partial charge >= 0.3 is 0 Å². The zero-order valence-corrected chi connectivity index (χ0v) is 15.1. The maximum absolute atomic E-state index is 5.70. The Kier molecular flexibility index (Phi) is 4.01. The van der Waals surface area contributed by atoms with E-state index in [1.807, 2.05) is 36.5 Å². The van der Waals surface area contributed by atoms with Crippen LogP contribution in [0.1, 0.15) is 29.2 Å². The monoisotopic (exact) mass is 348 g/mol. The van der Waals surface area contributed by atoms with Gasteiger partial charge in [0.2, 0.25) is 0 Å². The summed E-state index contributed by atoms with van der Waals surface area (Å²) < 4.78 is 2.23. The highest BCUT2D eigenvalue weighted by Crippen LogP contribution is 2.41. The molecule has 2 atom stereocenters. The van der Waals surface area contributed by atoms with Crippen LogP contribution >= 0.6 is 12.2 Å². The molecule has 2 aromatic heterocycles. The molecule has 4 nitrogen and oxygen atoms in total. The van der Waals surface area contributed by atoms with Crippen molar-refractivity contribution < 1.29 is 0 Å². The van der Waals surface area contributed by atoms with Crippen LogP contribution < -0.4 is 10.2 Å².